The average Bonchev–Trinajstić information content (AvgIpc) is 3.10. The molecule has 0 aliphatic carbocycles. The minimum atomic E-state index is -0.102. The number of rotatable bonds is 6. The van der Waals surface area contributed by atoms with Crippen LogP contribution in [0, 0.1) is 5.92 Å². The molecule has 21 heavy (non-hydrogen) atoms. The van der Waals surface area contributed by atoms with Crippen molar-refractivity contribution in [3.05, 3.63) is 22.4 Å². The van der Waals surface area contributed by atoms with Crippen LogP contribution in [0.5, 0.6) is 0 Å². The van der Waals surface area contributed by atoms with Crippen LogP contribution in [0.15, 0.2) is 17.5 Å². The maximum Gasteiger partial charge on any atom is 0.264 e. The summed E-state index contributed by atoms with van der Waals surface area (Å²) in [6.45, 7) is 2.93. The van der Waals surface area contributed by atoms with Gasteiger partial charge in [-0.3, -0.25) is 9.59 Å². The molecule has 0 aromatic carbocycles. The van der Waals surface area contributed by atoms with Gasteiger partial charge in [-0.2, -0.15) is 0 Å². The molecule has 1 aromatic rings. The van der Waals surface area contributed by atoms with Crippen LogP contribution in [0.2, 0.25) is 0 Å². The first-order chi connectivity index (χ1) is 9.66. The van der Waals surface area contributed by atoms with Gasteiger partial charge < -0.3 is 15.5 Å². The van der Waals surface area contributed by atoms with Crippen molar-refractivity contribution in [3.63, 3.8) is 0 Å². The fraction of sp³-hybridized carbons (Fsp3) is 0.571. The average molecular weight is 332 g/mol. The largest absolute Gasteiger partial charge is 0.355 e. The predicted octanol–water partition coefficient (Wildman–Crippen LogP) is 1.36. The number of nitrogens with one attached hydrogen (secondary N) is 2. The summed E-state index contributed by atoms with van der Waals surface area (Å²) >= 11 is 1.39. The maximum absolute atomic E-state index is 12.0. The zero-order chi connectivity index (χ0) is 14.4. The predicted molar refractivity (Wildman–Crippen MR) is 87.1 cm³/mol. The minimum Gasteiger partial charge on any atom is -0.355 e. The van der Waals surface area contributed by atoms with Gasteiger partial charge in [0.05, 0.1) is 11.4 Å². The van der Waals surface area contributed by atoms with Gasteiger partial charge in [0.25, 0.3) is 5.91 Å². The van der Waals surface area contributed by atoms with E-state index in [1.807, 2.05) is 11.4 Å². The minimum absolute atomic E-state index is 0. The first-order valence-electron chi connectivity index (χ1n) is 6.93. The molecule has 0 bridgehead atoms. The van der Waals surface area contributed by atoms with E-state index in [1.54, 1.807) is 13.1 Å². The normalized spacial score (nSPS) is 17.1. The summed E-state index contributed by atoms with van der Waals surface area (Å²) in [5, 5.41) is 8.05. The standard InChI is InChI=1S/C14H21N3O2S.ClH/c1-17(14(19)12-3-2-8-20-12)10-13(18)16-7-5-11-4-6-15-9-11;/h2-3,8,11,15H,4-7,9-10H2,1H3,(H,16,18);1H. The molecular weight excluding hydrogens is 310 g/mol. The van der Waals surface area contributed by atoms with E-state index in [2.05, 4.69) is 10.6 Å². The van der Waals surface area contributed by atoms with Gasteiger partial charge in [-0.25, -0.2) is 0 Å². The molecule has 2 amide bonds. The molecular formula is C14H22ClN3O2S. The Morgan fingerprint density at radius 3 is 2.95 bits per heavy atom. The summed E-state index contributed by atoms with van der Waals surface area (Å²) in [6, 6.07) is 3.61. The number of amides is 2. The quantitative estimate of drug-likeness (QED) is 0.827. The maximum atomic E-state index is 12.0. The summed E-state index contributed by atoms with van der Waals surface area (Å²) in [6.07, 6.45) is 2.19. The highest BCUT2D eigenvalue weighted by Gasteiger charge is 2.17. The third-order valence-electron chi connectivity index (χ3n) is 3.50. The highest BCUT2D eigenvalue weighted by Crippen LogP contribution is 2.11. The fourth-order valence-electron chi connectivity index (χ4n) is 2.31. The van der Waals surface area contributed by atoms with E-state index in [9.17, 15) is 9.59 Å². The molecule has 0 radical (unpaired) electrons. The molecule has 2 N–H and O–H groups in total. The van der Waals surface area contributed by atoms with E-state index in [-0.39, 0.29) is 30.8 Å². The molecule has 1 aliphatic heterocycles. The Balaban J connectivity index is 0.00000220. The zero-order valence-electron chi connectivity index (χ0n) is 12.1. The summed E-state index contributed by atoms with van der Waals surface area (Å²) in [7, 11) is 1.66. The molecule has 1 atom stereocenters. The third kappa shape index (κ3) is 5.65. The van der Waals surface area contributed by atoms with Crippen LogP contribution >= 0.6 is 23.7 Å². The molecule has 1 aliphatic rings. The molecule has 0 saturated carbocycles. The third-order valence-corrected chi connectivity index (χ3v) is 4.35. The van der Waals surface area contributed by atoms with E-state index < -0.39 is 0 Å². The van der Waals surface area contributed by atoms with Crippen molar-refractivity contribution in [2.75, 3.05) is 33.2 Å². The molecule has 2 rings (SSSR count). The van der Waals surface area contributed by atoms with Gasteiger partial charge in [0.2, 0.25) is 5.91 Å². The van der Waals surface area contributed by atoms with Crippen LogP contribution < -0.4 is 10.6 Å². The van der Waals surface area contributed by atoms with Gasteiger partial charge in [-0.05, 0) is 43.3 Å². The molecule has 0 spiro atoms. The van der Waals surface area contributed by atoms with E-state index in [0.717, 1.165) is 19.5 Å². The molecule has 1 unspecified atom stereocenters. The molecule has 1 saturated heterocycles. The SMILES string of the molecule is CN(CC(=O)NCCC1CCNC1)C(=O)c1cccs1.Cl. The van der Waals surface area contributed by atoms with Crippen LogP contribution in [0.25, 0.3) is 0 Å². The topological polar surface area (TPSA) is 61.4 Å². The molecule has 1 fully saturated rings. The smallest absolute Gasteiger partial charge is 0.264 e. The van der Waals surface area contributed by atoms with Crippen LogP contribution in [-0.2, 0) is 4.79 Å². The second-order valence-corrected chi connectivity index (χ2v) is 6.08. The van der Waals surface area contributed by atoms with Crippen molar-refractivity contribution in [1.82, 2.24) is 15.5 Å². The number of likely N-dealkylation sites (N-methyl/N-ethyl adjacent to an activating group) is 1. The Kier molecular flexibility index (Phi) is 7.71. The lowest BCUT2D eigenvalue weighted by Gasteiger charge is -2.16. The van der Waals surface area contributed by atoms with Gasteiger partial charge in [0.15, 0.2) is 0 Å². The van der Waals surface area contributed by atoms with Crippen molar-refractivity contribution < 1.29 is 9.59 Å². The highest BCUT2D eigenvalue weighted by atomic mass is 35.5. The van der Waals surface area contributed by atoms with Gasteiger partial charge >= 0.3 is 0 Å². The lowest BCUT2D eigenvalue weighted by molar-refractivity contribution is -0.121. The summed E-state index contributed by atoms with van der Waals surface area (Å²) in [5.74, 6) is 0.472. The van der Waals surface area contributed by atoms with E-state index in [0.29, 0.717) is 17.3 Å². The van der Waals surface area contributed by atoms with Crippen molar-refractivity contribution >= 4 is 35.6 Å². The second kappa shape index (κ2) is 9.02. The molecule has 2 heterocycles. The van der Waals surface area contributed by atoms with Crippen LogP contribution in [0.4, 0.5) is 0 Å². The van der Waals surface area contributed by atoms with Crippen LogP contribution in [0.3, 0.4) is 0 Å². The van der Waals surface area contributed by atoms with Crippen molar-refractivity contribution in [2.45, 2.75) is 12.8 Å². The monoisotopic (exact) mass is 331 g/mol. The number of carbonyl (C=O) groups excluding carboxylic acids is 2. The van der Waals surface area contributed by atoms with Crippen molar-refractivity contribution in [2.24, 2.45) is 5.92 Å². The van der Waals surface area contributed by atoms with Crippen LogP contribution in [0.1, 0.15) is 22.5 Å². The first kappa shape index (κ1) is 17.9. The Bertz CT molecular complexity index is 447. The lowest BCUT2D eigenvalue weighted by atomic mass is 10.1. The van der Waals surface area contributed by atoms with Gasteiger partial charge in [-0.1, -0.05) is 6.07 Å². The van der Waals surface area contributed by atoms with Crippen LogP contribution in [-0.4, -0.2) is 49.9 Å². The molecule has 7 heteroatoms. The van der Waals surface area contributed by atoms with Gasteiger partial charge in [-0.15, -0.1) is 23.7 Å². The zero-order valence-corrected chi connectivity index (χ0v) is 13.8. The number of hydrogen-bond donors (Lipinski definition) is 2. The Morgan fingerprint density at radius 2 is 2.33 bits per heavy atom. The van der Waals surface area contributed by atoms with E-state index in [4.69, 9.17) is 0 Å². The Labute approximate surface area is 135 Å². The van der Waals surface area contributed by atoms with Gasteiger partial charge in [0, 0.05) is 13.6 Å². The number of thiophene rings is 1. The lowest BCUT2D eigenvalue weighted by Crippen LogP contribution is -2.38. The number of carbonyl (C=O) groups is 2. The summed E-state index contributed by atoms with van der Waals surface area (Å²) in [4.78, 5) is 25.9. The highest BCUT2D eigenvalue weighted by molar-refractivity contribution is 7.12. The number of hydrogen-bond acceptors (Lipinski definition) is 4. The fourth-order valence-corrected chi connectivity index (χ4v) is 3.03. The number of halogens is 1. The van der Waals surface area contributed by atoms with E-state index >= 15 is 0 Å². The molecule has 1 aromatic heterocycles. The van der Waals surface area contributed by atoms with Crippen molar-refractivity contribution in [1.29, 1.82) is 0 Å². The molecule has 5 nitrogen and oxygen atoms in total. The Hall–Kier alpha value is -1.11. The Morgan fingerprint density at radius 1 is 1.52 bits per heavy atom. The number of nitrogens with zero attached hydrogens (tertiary/aromatic N) is 1. The summed E-state index contributed by atoms with van der Waals surface area (Å²) in [5.41, 5.74) is 0. The van der Waals surface area contributed by atoms with Crippen molar-refractivity contribution in [3.8, 4) is 0 Å². The van der Waals surface area contributed by atoms with E-state index in [1.165, 1.54) is 22.7 Å². The first-order valence-corrected chi connectivity index (χ1v) is 7.81. The molecule has 118 valence electrons. The second-order valence-electron chi connectivity index (χ2n) is 5.14. The van der Waals surface area contributed by atoms with Gasteiger partial charge in [0.1, 0.15) is 0 Å². The summed E-state index contributed by atoms with van der Waals surface area (Å²) < 4.78 is 0.